The van der Waals surface area contributed by atoms with Crippen molar-refractivity contribution in [3.05, 3.63) is 83.4 Å². The van der Waals surface area contributed by atoms with Crippen molar-refractivity contribution in [2.45, 2.75) is 31.3 Å². The van der Waals surface area contributed by atoms with Crippen molar-refractivity contribution in [2.75, 3.05) is 10.0 Å². The first-order valence-electron chi connectivity index (χ1n) is 9.70. The molecule has 31 heavy (non-hydrogen) atoms. The molecule has 8 heteroatoms. The molecule has 0 aliphatic carbocycles. The van der Waals surface area contributed by atoms with E-state index in [4.69, 9.17) is 16.3 Å². The Morgan fingerprint density at radius 3 is 2.26 bits per heavy atom. The molecule has 3 aromatic rings. The number of aryl methyl sites for hydroxylation is 1. The Balaban J connectivity index is 1.67. The number of rotatable bonds is 8. The lowest BCUT2D eigenvalue weighted by molar-refractivity contribution is -0.122. The fraction of sp³-hybridized carbons (Fsp3) is 0.174. The first-order chi connectivity index (χ1) is 14.8. The summed E-state index contributed by atoms with van der Waals surface area (Å²) in [5.41, 5.74) is 1.81. The van der Waals surface area contributed by atoms with Crippen LogP contribution in [0.1, 0.15) is 18.9 Å². The van der Waals surface area contributed by atoms with Crippen LogP contribution in [-0.4, -0.2) is 20.4 Å². The van der Waals surface area contributed by atoms with Gasteiger partial charge in [0, 0.05) is 10.7 Å². The smallest absolute Gasteiger partial charge is 0.265 e. The molecule has 0 spiro atoms. The highest BCUT2D eigenvalue weighted by molar-refractivity contribution is 7.92. The van der Waals surface area contributed by atoms with Gasteiger partial charge in [-0.15, -0.1) is 0 Å². The SMILES string of the molecule is CC[C@H](Oc1ccc(Cl)cc1)C(=O)Nc1ccc(S(=O)(=O)Nc2ccccc2C)cc1. The fourth-order valence-electron chi connectivity index (χ4n) is 2.83. The van der Waals surface area contributed by atoms with Gasteiger partial charge in [-0.25, -0.2) is 8.42 Å². The Bertz CT molecular complexity index is 1150. The molecule has 0 aromatic heterocycles. The number of nitrogens with one attached hydrogen (secondary N) is 2. The van der Waals surface area contributed by atoms with Crippen LogP contribution in [0.5, 0.6) is 5.75 Å². The molecule has 0 bridgehead atoms. The molecule has 1 atom stereocenters. The molecule has 6 nitrogen and oxygen atoms in total. The molecule has 0 aliphatic rings. The quantitative estimate of drug-likeness (QED) is 0.483. The largest absolute Gasteiger partial charge is 0.481 e. The van der Waals surface area contributed by atoms with E-state index in [9.17, 15) is 13.2 Å². The number of carbonyl (C=O) groups excluding carboxylic acids is 1. The van der Waals surface area contributed by atoms with Crippen LogP contribution >= 0.6 is 11.6 Å². The van der Waals surface area contributed by atoms with Crippen LogP contribution in [0.15, 0.2) is 77.7 Å². The maximum atomic E-state index is 12.6. The van der Waals surface area contributed by atoms with E-state index in [1.54, 1.807) is 48.5 Å². The van der Waals surface area contributed by atoms with Gasteiger partial charge in [0.15, 0.2) is 6.10 Å². The summed E-state index contributed by atoms with van der Waals surface area (Å²) in [6.45, 7) is 3.67. The number of carbonyl (C=O) groups is 1. The van der Waals surface area contributed by atoms with Crippen LogP contribution in [0.25, 0.3) is 0 Å². The summed E-state index contributed by atoms with van der Waals surface area (Å²) >= 11 is 5.87. The van der Waals surface area contributed by atoms with E-state index in [1.807, 2.05) is 26.0 Å². The van der Waals surface area contributed by atoms with Gasteiger partial charge in [-0.1, -0.05) is 36.7 Å². The molecular formula is C23H23ClN2O4S. The second kappa shape index (κ2) is 9.85. The number of hydrogen-bond donors (Lipinski definition) is 2. The predicted octanol–water partition coefficient (Wildman–Crippen LogP) is 5.25. The summed E-state index contributed by atoms with van der Waals surface area (Å²) in [7, 11) is -3.74. The highest BCUT2D eigenvalue weighted by atomic mass is 35.5. The molecule has 0 radical (unpaired) electrons. The van der Waals surface area contributed by atoms with E-state index in [2.05, 4.69) is 10.0 Å². The lowest BCUT2D eigenvalue weighted by atomic mass is 10.2. The van der Waals surface area contributed by atoms with E-state index >= 15 is 0 Å². The zero-order valence-electron chi connectivity index (χ0n) is 17.1. The van der Waals surface area contributed by atoms with Crippen molar-refractivity contribution in [1.29, 1.82) is 0 Å². The minimum Gasteiger partial charge on any atom is -0.481 e. The summed E-state index contributed by atoms with van der Waals surface area (Å²) in [5.74, 6) is 0.209. The molecule has 2 N–H and O–H groups in total. The summed E-state index contributed by atoms with van der Waals surface area (Å²) in [6.07, 6.45) is -0.242. The first kappa shape index (κ1) is 22.7. The van der Waals surface area contributed by atoms with Gasteiger partial charge in [0.1, 0.15) is 5.75 Å². The molecule has 3 aromatic carbocycles. The number of para-hydroxylation sites is 1. The number of anilines is 2. The Labute approximate surface area is 187 Å². The first-order valence-corrected chi connectivity index (χ1v) is 11.6. The molecule has 0 aliphatic heterocycles. The summed E-state index contributed by atoms with van der Waals surface area (Å²) < 4.78 is 33.6. The number of ether oxygens (including phenoxy) is 1. The highest BCUT2D eigenvalue weighted by Crippen LogP contribution is 2.22. The van der Waals surface area contributed by atoms with Gasteiger partial charge < -0.3 is 10.1 Å². The standard InChI is InChI=1S/C23H23ClN2O4S/c1-3-22(30-19-12-8-17(24)9-13-19)23(27)25-18-10-14-20(15-11-18)31(28,29)26-21-7-5-4-6-16(21)2/h4-15,22,26H,3H2,1-2H3,(H,25,27)/t22-/m0/s1. The molecule has 0 unspecified atom stereocenters. The molecule has 0 saturated heterocycles. The summed E-state index contributed by atoms with van der Waals surface area (Å²) in [5, 5.41) is 3.34. The molecular weight excluding hydrogens is 436 g/mol. The van der Waals surface area contributed by atoms with Crippen molar-refractivity contribution < 1.29 is 17.9 Å². The Hall–Kier alpha value is -3.03. The van der Waals surface area contributed by atoms with E-state index in [-0.39, 0.29) is 10.8 Å². The number of benzene rings is 3. The molecule has 3 rings (SSSR count). The molecule has 162 valence electrons. The van der Waals surface area contributed by atoms with Crippen LogP contribution in [0.4, 0.5) is 11.4 Å². The zero-order chi connectivity index (χ0) is 22.4. The van der Waals surface area contributed by atoms with Gasteiger partial charge in [0.05, 0.1) is 10.6 Å². The lowest BCUT2D eigenvalue weighted by Crippen LogP contribution is -2.32. The molecule has 1 amide bonds. The van der Waals surface area contributed by atoms with E-state index in [0.29, 0.717) is 28.6 Å². The Morgan fingerprint density at radius 2 is 1.65 bits per heavy atom. The van der Waals surface area contributed by atoms with Gasteiger partial charge in [-0.3, -0.25) is 9.52 Å². The number of hydrogen-bond acceptors (Lipinski definition) is 4. The third-order valence-electron chi connectivity index (χ3n) is 4.58. The van der Waals surface area contributed by atoms with Crippen LogP contribution in [0, 0.1) is 6.92 Å². The Kier molecular flexibility index (Phi) is 7.20. The second-order valence-corrected chi connectivity index (χ2v) is 9.02. The molecule has 0 saturated carbocycles. The predicted molar refractivity (Wildman–Crippen MR) is 123 cm³/mol. The van der Waals surface area contributed by atoms with Gasteiger partial charge >= 0.3 is 0 Å². The van der Waals surface area contributed by atoms with Crippen LogP contribution in [-0.2, 0) is 14.8 Å². The average molecular weight is 459 g/mol. The Morgan fingerprint density at radius 1 is 1.00 bits per heavy atom. The monoisotopic (exact) mass is 458 g/mol. The van der Waals surface area contributed by atoms with E-state index < -0.39 is 16.1 Å². The van der Waals surface area contributed by atoms with Crippen molar-refractivity contribution in [3.8, 4) is 5.75 Å². The zero-order valence-corrected chi connectivity index (χ0v) is 18.7. The van der Waals surface area contributed by atoms with Crippen LogP contribution in [0.3, 0.4) is 0 Å². The van der Waals surface area contributed by atoms with Gasteiger partial charge in [0.25, 0.3) is 15.9 Å². The van der Waals surface area contributed by atoms with Gasteiger partial charge in [-0.2, -0.15) is 0 Å². The van der Waals surface area contributed by atoms with Crippen LogP contribution < -0.4 is 14.8 Å². The van der Waals surface area contributed by atoms with Crippen molar-refractivity contribution in [3.63, 3.8) is 0 Å². The van der Waals surface area contributed by atoms with Gasteiger partial charge in [0.2, 0.25) is 0 Å². The number of halogens is 1. The third kappa shape index (κ3) is 5.99. The third-order valence-corrected chi connectivity index (χ3v) is 6.21. The maximum Gasteiger partial charge on any atom is 0.265 e. The minimum atomic E-state index is -3.74. The van der Waals surface area contributed by atoms with Crippen molar-refractivity contribution in [1.82, 2.24) is 0 Å². The number of amides is 1. The minimum absolute atomic E-state index is 0.0956. The lowest BCUT2D eigenvalue weighted by Gasteiger charge is -2.17. The topological polar surface area (TPSA) is 84.5 Å². The second-order valence-electron chi connectivity index (χ2n) is 6.90. The van der Waals surface area contributed by atoms with E-state index in [1.165, 1.54) is 12.1 Å². The number of sulfonamides is 1. The normalized spacial score (nSPS) is 12.1. The molecule has 0 heterocycles. The van der Waals surface area contributed by atoms with Crippen molar-refractivity contribution >= 4 is 38.9 Å². The van der Waals surface area contributed by atoms with Crippen LogP contribution in [0.2, 0.25) is 5.02 Å². The van der Waals surface area contributed by atoms with E-state index in [0.717, 1.165) is 5.56 Å². The summed E-state index contributed by atoms with van der Waals surface area (Å²) in [4.78, 5) is 12.7. The molecule has 0 fully saturated rings. The maximum absolute atomic E-state index is 12.6. The fourth-order valence-corrected chi connectivity index (χ4v) is 4.09. The summed E-state index contributed by atoms with van der Waals surface area (Å²) in [6, 6.07) is 19.9. The average Bonchev–Trinajstić information content (AvgIpc) is 2.75. The highest BCUT2D eigenvalue weighted by Gasteiger charge is 2.20. The van der Waals surface area contributed by atoms with Gasteiger partial charge in [-0.05, 0) is 73.5 Å². The van der Waals surface area contributed by atoms with Crippen molar-refractivity contribution in [2.24, 2.45) is 0 Å².